The van der Waals surface area contributed by atoms with Crippen LogP contribution in [0.25, 0.3) is 0 Å². The van der Waals surface area contributed by atoms with Crippen LogP contribution in [0.15, 0.2) is 48.8 Å². The summed E-state index contributed by atoms with van der Waals surface area (Å²) in [5.74, 6) is 1.18. The molecule has 122 valence electrons. The van der Waals surface area contributed by atoms with Crippen molar-refractivity contribution < 1.29 is 0 Å². The van der Waals surface area contributed by atoms with E-state index in [1.807, 2.05) is 37.3 Å². The molecule has 3 aromatic rings. The van der Waals surface area contributed by atoms with Crippen LogP contribution in [0.1, 0.15) is 16.7 Å². The van der Waals surface area contributed by atoms with E-state index in [-0.39, 0.29) is 0 Å². The van der Waals surface area contributed by atoms with Gasteiger partial charge in [0.25, 0.3) is 0 Å². The monoisotopic (exact) mass is 319 g/mol. The predicted octanol–water partition coefficient (Wildman–Crippen LogP) is 4.47. The molecule has 5 nitrogen and oxygen atoms in total. The molecule has 3 rings (SSSR count). The first-order chi connectivity index (χ1) is 11.5. The number of anilines is 5. The van der Waals surface area contributed by atoms with Crippen LogP contribution < -0.4 is 16.4 Å². The molecule has 4 N–H and O–H groups in total. The molecule has 24 heavy (non-hydrogen) atoms. The molecular weight excluding hydrogens is 298 g/mol. The van der Waals surface area contributed by atoms with Gasteiger partial charge in [-0.25, -0.2) is 9.97 Å². The van der Waals surface area contributed by atoms with Crippen molar-refractivity contribution in [2.75, 3.05) is 16.4 Å². The Kier molecular flexibility index (Phi) is 4.33. The standard InChI is InChI=1S/C19H21N5/c1-12-5-4-6-15(10-12)23-18-17(20)19(22-11-21-18)24-16-8-7-13(2)9-14(16)3/h4-11H,20H2,1-3H3,(H2,21,22,23,24). The molecule has 0 bridgehead atoms. The highest BCUT2D eigenvalue weighted by molar-refractivity contribution is 5.80. The van der Waals surface area contributed by atoms with Gasteiger partial charge in [-0.05, 0) is 50.1 Å². The lowest BCUT2D eigenvalue weighted by molar-refractivity contribution is 1.17. The van der Waals surface area contributed by atoms with Crippen molar-refractivity contribution in [3.8, 4) is 0 Å². The third-order valence-electron chi connectivity index (χ3n) is 3.80. The summed E-state index contributed by atoms with van der Waals surface area (Å²) in [6.07, 6.45) is 1.50. The van der Waals surface area contributed by atoms with Gasteiger partial charge in [0.1, 0.15) is 12.0 Å². The summed E-state index contributed by atoms with van der Waals surface area (Å²) in [6, 6.07) is 14.3. The van der Waals surface area contributed by atoms with E-state index in [9.17, 15) is 0 Å². The smallest absolute Gasteiger partial charge is 0.159 e. The molecule has 0 unspecified atom stereocenters. The van der Waals surface area contributed by atoms with Gasteiger partial charge < -0.3 is 16.4 Å². The second-order valence-electron chi connectivity index (χ2n) is 5.92. The minimum atomic E-state index is 0.485. The first-order valence-corrected chi connectivity index (χ1v) is 7.81. The predicted molar refractivity (Wildman–Crippen MR) is 100 cm³/mol. The maximum Gasteiger partial charge on any atom is 0.159 e. The number of nitrogens with zero attached hydrogens (tertiary/aromatic N) is 2. The third kappa shape index (κ3) is 3.46. The summed E-state index contributed by atoms with van der Waals surface area (Å²) >= 11 is 0. The molecule has 1 heterocycles. The van der Waals surface area contributed by atoms with Gasteiger partial charge in [0.15, 0.2) is 11.6 Å². The van der Waals surface area contributed by atoms with Gasteiger partial charge in [0.2, 0.25) is 0 Å². The number of aryl methyl sites for hydroxylation is 3. The molecule has 0 aliphatic heterocycles. The maximum absolute atomic E-state index is 6.25. The lowest BCUT2D eigenvalue weighted by Gasteiger charge is -2.14. The van der Waals surface area contributed by atoms with E-state index < -0.39 is 0 Å². The van der Waals surface area contributed by atoms with Crippen LogP contribution in [0.5, 0.6) is 0 Å². The number of hydrogen-bond acceptors (Lipinski definition) is 5. The van der Waals surface area contributed by atoms with Gasteiger partial charge >= 0.3 is 0 Å². The molecule has 1 aromatic heterocycles. The van der Waals surface area contributed by atoms with Gasteiger partial charge in [0.05, 0.1) is 0 Å². The number of nitrogens with one attached hydrogen (secondary N) is 2. The van der Waals surface area contributed by atoms with Crippen LogP contribution in [-0.2, 0) is 0 Å². The minimum absolute atomic E-state index is 0.485. The topological polar surface area (TPSA) is 75.9 Å². The maximum atomic E-state index is 6.25. The van der Waals surface area contributed by atoms with Crippen molar-refractivity contribution >= 4 is 28.7 Å². The molecule has 5 heteroatoms. The van der Waals surface area contributed by atoms with Gasteiger partial charge in [-0.3, -0.25) is 0 Å². The molecule has 0 atom stereocenters. The number of hydrogen-bond donors (Lipinski definition) is 3. The van der Waals surface area contributed by atoms with E-state index in [1.54, 1.807) is 0 Å². The summed E-state index contributed by atoms with van der Waals surface area (Å²) in [7, 11) is 0. The SMILES string of the molecule is Cc1cccc(Nc2ncnc(Nc3ccc(C)cc3C)c2N)c1. The fourth-order valence-corrected chi connectivity index (χ4v) is 2.54. The zero-order chi connectivity index (χ0) is 17.1. The lowest BCUT2D eigenvalue weighted by atomic mass is 10.1. The van der Waals surface area contributed by atoms with Gasteiger partial charge in [-0.1, -0.05) is 29.8 Å². The molecule has 2 aromatic carbocycles. The summed E-state index contributed by atoms with van der Waals surface area (Å²) in [5.41, 5.74) is 12.2. The Labute approximate surface area is 142 Å². The van der Waals surface area contributed by atoms with Crippen LogP contribution >= 0.6 is 0 Å². The minimum Gasteiger partial charge on any atom is -0.393 e. The fourth-order valence-electron chi connectivity index (χ4n) is 2.54. The molecule has 0 aliphatic rings. The summed E-state index contributed by atoms with van der Waals surface area (Å²) in [6.45, 7) is 6.17. The Morgan fingerprint density at radius 1 is 0.833 bits per heavy atom. The third-order valence-corrected chi connectivity index (χ3v) is 3.80. The molecule has 0 saturated heterocycles. The largest absolute Gasteiger partial charge is 0.393 e. The Balaban J connectivity index is 1.88. The number of nitrogens with two attached hydrogens (primary N) is 1. The highest BCUT2D eigenvalue weighted by Crippen LogP contribution is 2.29. The van der Waals surface area contributed by atoms with Crippen molar-refractivity contribution in [2.45, 2.75) is 20.8 Å². The number of benzene rings is 2. The Morgan fingerprint density at radius 3 is 2.25 bits per heavy atom. The number of nitrogen functional groups attached to an aromatic ring is 1. The molecule has 0 fully saturated rings. The van der Waals surface area contributed by atoms with Crippen LogP contribution in [0, 0.1) is 20.8 Å². The Bertz CT molecular complexity index is 873. The second kappa shape index (κ2) is 6.58. The van der Waals surface area contributed by atoms with Crippen molar-refractivity contribution in [1.29, 1.82) is 0 Å². The first-order valence-electron chi connectivity index (χ1n) is 7.81. The van der Waals surface area contributed by atoms with Crippen molar-refractivity contribution in [3.05, 3.63) is 65.5 Å². The summed E-state index contributed by atoms with van der Waals surface area (Å²) < 4.78 is 0. The van der Waals surface area contributed by atoms with Crippen LogP contribution in [0.2, 0.25) is 0 Å². The summed E-state index contributed by atoms with van der Waals surface area (Å²) in [5, 5.41) is 6.54. The normalized spacial score (nSPS) is 10.5. The van der Waals surface area contributed by atoms with Crippen LogP contribution in [0.3, 0.4) is 0 Å². The molecule has 0 spiro atoms. The van der Waals surface area contributed by atoms with Crippen LogP contribution in [0.4, 0.5) is 28.7 Å². The lowest BCUT2D eigenvalue weighted by Crippen LogP contribution is -2.05. The van der Waals surface area contributed by atoms with Crippen molar-refractivity contribution in [2.24, 2.45) is 0 Å². The van der Waals surface area contributed by atoms with E-state index in [1.165, 1.54) is 17.5 Å². The van der Waals surface area contributed by atoms with Gasteiger partial charge in [-0.2, -0.15) is 0 Å². The average Bonchev–Trinajstić information content (AvgIpc) is 2.54. The molecule has 0 aliphatic carbocycles. The van der Waals surface area contributed by atoms with Gasteiger partial charge in [-0.15, -0.1) is 0 Å². The molecule has 0 saturated carbocycles. The highest BCUT2D eigenvalue weighted by atomic mass is 15.1. The van der Waals surface area contributed by atoms with E-state index in [4.69, 9.17) is 5.73 Å². The second-order valence-corrected chi connectivity index (χ2v) is 5.92. The first kappa shape index (κ1) is 15.8. The summed E-state index contributed by atoms with van der Waals surface area (Å²) in [4.78, 5) is 8.52. The van der Waals surface area contributed by atoms with E-state index >= 15 is 0 Å². The van der Waals surface area contributed by atoms with Gasteiger partial charge in [0, 0.05) is 11.4 Å². The van der Waals surface area contributed by atoms with E-state index in [2.05, 4.69) is 46.6 Å². The quantitative estimate of drug-likeness (QED) is 0.661. The highest BCUT2D eigenvalue weighted by Gasteiger charge is 2.10. The number of aromatic nitrogens is 2. The van der Waals surface area contributed by atoms with Crippen molar-refractivity contribution in [3.63, 3.8) is 0 Å². The molecule has 0 amide bonds. The fraction of sp³-hybridized carbons (Fsp3) is 0.158. The Morgan fingerprint density at radius 2 is 1.54 bits per heavy atom. The molecule has 0 radical (unpaired) electrons. The number of rotatable bonds is 4. The zero-order valence-electron chi connectivity index (χ0n) is 14.1. The van der Waals surface area contributed by atoms with Crippen LogP contribution in [-0.4, -0.2) is 9.97 Å². The van der Waals surface area contributed by atoms with E-state index in [0.717, 1.165) is 16.9 Å². The molecular formula is C19H21N5. The van der Waals surface area contributed by atoms with E-state index in [0.29, 0.717) is 17.3 Å². The average molecular weight is 319 g/mol. The zero-order valence-corrected chi connectivity index (χ0v) is 14.1. The van der Waals surface area contributed by atoms with Crippen molar-refractivity contribution in [1.82, 2.24) is 9.97 Å². The Hall–Kier alpha value is -3.08.